The minimum Gasteiger partial charge on any atom is -0.504 e. The first kappa shape index (κ1) is 33.2. The average molecular weight is 603 g/mol. The standard InChI is InChI=1S/C26H34O16/c1-12(29)37-10-18-23(38-13(2)30)21(34)22(35)25(39-18)42-26(11-28)24(20(33)17(9-27)41-26)40-19(32)7-5-14-4-6-15(31)16(8-14)36-3/h4-8,17-18,20-25,27-28,31,33-35H,9-11H2,1-3H3/b7-5+/t17-,18-,20-,21-,22-,23-,24+,25-,26+/m1/s1. The molecular formula is C26H34O16. The number of hydrogen-bond acceptors (Lipinski definition) is 16. The van der Waals surface area contributed by atoms with E-state index in [1.54, 1.807) is 0 Å². The van der Waals surface area contributed by atoms with E-state index >= 15 is 0 Å². The zero-order valence-electron chi connectivity index (χ0n) is 22.9. The maximum absolute atomic E-state index is 12.7. The third-order valence-electron chi connectivity index (χ3n) is 6.44. The number of benzene rings is 1. The molecule has 0 unspecified atom stereocenters. The van der Waals surface area contributed by atoms with E-state index in [4.69, 9.17) is 33.2 Å². The van der Waals surface area contributed by atoms with Crippen LogP contribution in [-0.2, 0) is 42.8 Å². The van der Waals surface area contributed by atoms with Crippen molar-refractivity contribution in [1.82, 2.24) is 0 Å². The lowest BCUT2D eigenvalue weighted by atomic mass is 9.98. The fourth-order valence-corrected chi connectivity index (χ4v) is 4.41. The van der Waals surface area contributed by atoms with Crippen LogP contribution < -0.4 is 4.74 Å². The molecule has 3 rings (SSSR count). The van der Waals surface area contributed by atoms with Crippen molar-refractivity contribution in [2.45, 2.75) is 68.7 Å². The SMILES string of the molecule is COc1cc(/C=C/C(=O)O[C@H]2[C@H](O)[C@@H](CO)O[C@@]2(CO)O[C@H]2O[C@H](COC(C)=O)[C@@H](OC(C)=O)[C@H](O)[C@H]2O)ccc1O. The summed E-state index contributed by atoms with van der Waals surface area (Å²) < 4.78 is 37.1. The minimum absolute atomic E-state index is 0.130. The van der Waals surface area contributed by atoms with Crippen LogP contribution in [0.25, 0.3) is 6.08 Å². The van der Waals surface area contributed by atoms with Gasteiger partial charge >= 0.3 is 17.9 Å². The molecule has 0 aliphatic carbocycles. The summed E-state index contributed by atoms with van der Waals surface area (Å²) in [7, 11) is 1.34. The molecule has 0 bridgehead atoms. The number of esters is 3. The van der Waals surface area contributed by atoms with Gasteiger partial charge in [0.05, 0.1) is 13.7 Å². The Morgan fingerprint density at radius 1 is 1.00 bits per heavy atom. The summed E-state index contributed by atoms with van der Waals surface area (Å²) in [6, 6.07) is 4.23. The molecule has 234 valence electrons. The summed E-state index contributed by atoms with van der Waals surface area (Å²) in [6.07, 6.45) is -11.3. The molecule has 0 saturated carbocycles. The average Bonchev–Trinajstić information content (AvgIpc) is 3.21. The van der Waals surface area contributed by atoms with Gasteiger partial charge in [-0.2, -0.15) is 0 Å². The van der Waals surface area contributed by atoms with E-state index in [1.807, 2.05) is 0 Å². The molecule has 2 fully saturated rings. The molecule has 2 aliphatic heterocycles. The number of rotatable bonds is 11. The van der Waals surface area contributed by atoms with Gasteiger partial charge in [-0.1, -0.05) is 6.07 Å². The van der Waals surface area contributed by atoms with E-state index in [9.17, 15) is 45.0 Å². The fourth-order valence-electron chi connectivity index (χ4n) is 4.41. The Morgan fingerprint density at radius 2 is 1.71 bits per heavy atom. The van der Waals surface area contributed by atoms with Gasteiger partial charge in [0.1, 0.15) is 43.7 Å². The van der Waals surface area contributed by atoms with Gasteiger partial charge in [0, 0.05) is 19.9 Å². The van der Waals surface area contributed by atoms with E-state index < -0.39 is 92.5 Å². The predicted molar refractivity (Wildman–Crippen MR) is 135 cm³/mol. The summed E-state index contributed by atoms with van der Waals surface area (Å²) in [5, 5.41) is 61.9. The zero-order chi connectivity index (χ0) is 31.2. The number of phenolic OH excluding ortho intramolecular Hbond substituents is 1. The largest absolute Gasteiger partial charge is 0.504 e. The molecule has 0 spiro atoms. The molecule has 42 heavy (non-hydrogen) atoms. The molecule has 0 aromatic heterocycles. The highest BCUT2D eigenvalue weighted by atomic mass is 16.8. The quantitative estimate of drug-likeness (QED) is 0.0889. The van der Waals surface area contributed by atoms with Gasteiger partial charge in [0.2, 0.25) is 5.79 Å². The van der Waals surface area contributed by atoms with Crippen LogP contribution in [0.5, 0.6) is 11.5 Å². The highest BCUT2D eigenvalue weighted by Gasteiger charge is 2.61. The van der Waals surface area contributed by atoms with Crippen LogP contribution in [0, 0.1) is 0 Å². The second kappa shape index (κ2) is 14.2. The van der Waals surface area contributed by atoms with Crippen LogP contribution in [0.15, 0.2) is 24.3 Å². The molecule has 0 amide bonds. The first-order valence-electron chi connectivity index (χ1n) is 12.7. The second-order valence-electron chi connectivity index (χ2n) is 9.44. The Morgan fingerprint density at radius 3 is 2.31 bits per heavy atom. The number of ether oxygens (including phenoxy) is 7. The van der Waals surface area contributed by atoms with Gasteiger partial charge in [0.25, 0.3) is 0 Å². The molecule has 6 N–H and O–H groups in total. The predicted octanol–water partition coefficient (Wildman–Crippen LogP) is -2.28. The van der Waals surface area contributed by atoms with Crippen molar-refractivity contribution in [3.05, 3.63) is 29.8 Å². The van der Waals surface area contributed by atoms with E-state index in [0.29, 0.717) is 5.56 Å². The Bertz CT molecular complexity index is 1140. The molecular weight excluding hydrogens is 568 g/mol. The van der Waals surface area contributed by atoms with E-state index in [0.717, 1.165) is 19.9 Å². The van der Waals surface area contributed by atoms with E-state index in [-0.39, 0.29) is 11.5 Å². The molecule has 9 atom stereocenters. The van der Waals surface area contributed by atoms with Crippen molar-refractivity contribution < 1.29 is 78.2 Å². The minimum atomic E-state index is -2.44. The smallest absolute Gasteiger partial charge is 0.331 e. The van der Waals surface area contributed by atoms with Crippen molar-refractivity contribution in [1.29, 1.82) is 0 Å². The monoisotopic (exact) mass is 602 g/mol. The number of phenols is 1. The van der Waals surface area contributed by atoms with Crippen molar-refractivity contribution in [2.24, 2.45) is 0 Å². The molecule has 2 aliphatic rings. The summed E-state index contributed by atoms with van der Waals surface area (Å²) >= 11 is 0. The number of aromatic hydroxyl groups is 1. The van der Waals surface area contributed by atoms with Crippen molar-refractivity contribution >= 4 is 24.0 Å². The van der Waals surface area contributed by atoms with Crippen molar-refractivity contribution in [2.75, 3.05) is 26.9 Å². The molecule has 2 saturated heterocycles. The Hall–Kier alpha value is -3.35. The van der Waals surface area contributed by atoms with Crippen LogP contribution in [0.2, 0.25) is 0 Å². The van der Waals surface area contributed by atoms with E-state index in [2.05, 4.69) is 0 Å². The number of aliphatic hydroxyl groups excluding tert-OH is 5. The number of carbonyl (C=O) groups is 3. The van der Waals surface area contributed by atoms with Gasteiger partial charge in [-0.05, 0) is 23.8 Å². The van der Waals surface area contributed by atoms with Crippen LogP contribution in [0.3, 0.4) is 0 Å². The molecule has 16 heteroatoms. The Kier molecular flexibility index (Phi) is 11.2. The fraction of sp³-hybridized carbons (Fsp3) is 0.577. The highest BCUT2D eigenvalue weighted by Crippen LogP contribution is 2.38. The molecule has 0 radical (unpaired) electrons. The topological polar surface area (TPSA) is 237 Å². The van der Waals surface area contributed by atoms with Crippen LogP contribution in [0.1, 0.15) is 19.4 Å². The van der Waals surface area contributed by atoms with Crippen LogP contribution in [-0.4, -0.2) is 130 Å². The van der Waals surface area contributed by atoms with Crippen molar-refractivity contribution in [3.8, 4) is 11.5 Å². The molecule has 16 nitrogen and oxygen atoms in total. The van der Waals surface area contributed by atoms with Gasteiger partial charge in [-0.25, -0.2) is 4.79 Å². The molecule has 1 aromatic carbocycles. The third kappa shape index (κ3) is 7.53. The highest BCUT2D eigenvalue weighted by molar-refractivity contribution is 5.87. The normalized spacial score (nSPS) is 32.9. The van der Waals surface area contributed by atoms with Gasteiger partial charge in [-0.15, -0.1) is 0 Å². The maximum Gasteiger partial charge on any atom is 0.331 e. The lowest BCUT2D eigenvalue weighted by molar-refractivity contribution is -0.383. The van der Waals surface area contributed by atoms with Gasteiger partial charge in [0.15, 0.2) is 30.0 Å². The summed E-state index contributed by atoms with van der Waals surface area (Å²) in [5.74, 6) is -5.06. The maximum atomic E-state index is 12.7. The molecule has 2 heterocycles. The van der Waals surface area contributed by atoms with Crippen LogP contribution >= 0.6 is 0 Å². The lowest BCUT2D eigenvalue weighted by Gasteiger charge is -2.44. The van der Waals surface area contributed by atoms with E-state index in [1.165, 1.54) is 31.4 Å². The first-order valence-corrected chi connectivity index (χ1v) is 12.7. The zero-order valence-corrected chi connectivity index (χ0v) is 22.9. The lowest BCUT2D eigenvalue weighted by Crippen LogP contribution is -2.64. The first-order chi connectivity index (χ1) is 19.8. The van der Waals surface area contributed by atoms with Gasteiger partial charge < -0.3 is 63.8 Å². The number of carbonyl (C=O) groups excluding carboxylic acids is 3. The number of hydrogen-bond donors (Lipinski definition) is 6. The molecule has 1 aromatic rings. The third-order valence-corrected chi connectivity index (χ3v) is 6.44. The summed E-state index contributed by atoms with van der Waals surface area (Å²) in [4.78, 5) is 35.6. The second-order valence-corrected chi connectivity index (χ2v) is 9.44. The van der Waals surface area contributed by atoms with Crippen molar-refractivity contribution in [3.63, 3.8) is 0 Å². The summed E-state index contributed by atoms with van der Waals surface area (Å²) in [6.45, 7) is -0.319. The number of aliphatic hydroxyl groups is 5. The Balaban J connectivity index is 1.84. The number of methoxy groups -OCH3 is 1. The summed E-state index contributed by atoms with van der Waals surface area (Å²) in [5.41, 5.74) is 0.427. The van der Waals surface area contributed by atoms with Gasteiger partial charge in [-0.3, -0.25) is 9.59 Å². The Labute approximate surface area is 239 Å². The van der Waals surface area contributed by atoms with Crippen LogP contribution in [0.4, 0.5) is 0 Å².